The number of aromatic nitrogens is 3. The number of hydrogen-bond donors (Lipinski definition) is 2. The molecular weight excluding hydrogens is 490 g/mol. The van der Waals surface area contributed by atoms with Gasteiger partial charge in [-0.05, 0) is 48.7 Å². The van der Waals surface area contributed by atoms with Gasteiger partial charge in [0.15, 0.2) is 5.16 Å². The summed E-state index contributed by atoms with van der Waals surface area (Å²) in [5.41, 5.74) is 1.30. The van der Waals surface area contributed by atoms with E-state index < -0.39 is 5.25 Å². The van der Waals surface area contributed by atoms with Crippen molar-refractivity contribution in [1.82, 2.24) is 25.2 Å². The number of carbonyl (C=O) groups is 2. The van der Waals surface area contributed by atoms with Crippen LogP contribution in [0.4, 0.5) is 0 Å². The lowest BCUT2D eigenvalue weighted by Crippen LogP contribution is -2.33. The van der Waals surface area contributed by atoms with Gasteiger partial charge in [-0.25, -0.2) is 4.98 Å². The first kappa shape index (κ1) is 26.2. The number of nitrogens with one attached hydrogen (secondary N) is 2. The maximum Gasteiger partial charge on any atom is 0.262 e. The molecule has 0 saturated heterocycles. The van der Waals surface area contributed by atoms with Gasteiger partial charge in [0.05, 0.1) is 29.0 Å². The molecule has 1 atom stereocenters. The summed E-state index contributed by atoms with van der Waals surface area (Å²) in [5.74, 6) is 0.408. The SMILES string of the molecule is CCC(Sc1nc2ccccc2c(=O)n1CCCC(=O)NCc1ccco1)C(=O)NCc1cccnc1. The van der Waals surface area contributed by atoms with Crippen molar-refractivity contribution < 1.29 is 14.0 Å². The number of fused-ring (bicyclic) bond motifs is 1. The molecule has 4 rings (SSSR count). The summed E-state index contributed by atoms with van der Waals surface area (Å²) in [6, 6.07) is 14.4. The number of nitrogens with zero attached hydrogens (tertiary/aromatic N) is 3. The third-order valence-corrected chi connectivity index (χ3v) is 7.11. The molecular formula is C27H29N5O4S. The fourth-order valence-corrected chi connectivity index (χ4v) is 4.84. The van der Waals surface area contributed by atoms with E-state index in [2.05, 4.69) is 15.6 Å². The largest absolute Gasteiger partial charge is 0.467 e. The Labute approximate surface area is 218 Å². The standard InChI is InChI=1S/C27H29N5O4S/c1-2-23(25(34)30-17-19-8-5-13-28-16-19)37-27-31-22-11-4-3-10-21(22)26(35)32(27)14-6-12-24(33)29-18-20-9-7-15-36-20/h3-5,7-11,13,15-16,23H,2,6,12,14,17-18H2,1H3,(H,29,33)(H,30,34). The summed E-state index contributed by atoms with van der Waals surface area (Å²) in [5, 5.41) is 6.29. The van der Waals surface area contributed by atoms with Gasteiger partial charge in [-0.1, -0.05) is 36.9 Å². The van der Waals surface area contributed by atoms with Crippen molar-refractivity contribution in [2.24, 2.45) is 0 Å². The highest BCUT2D eigenvalue weighted by atomic mass is 32.2. The van der Waals surface area contributed by atoms with Gasteiger partial charge < -0.3 is 15.1 Å². The summed E-state index contributed by atoms with van der Waals surface area (Å²) in [6.45, 7) is 2.92. The van der Waals surface area contributed by atoms with Crippen LogP contribution >= 0.6 is 11.8 Å². The summed E-state index contributed by atoms with van der Waals surface area (Å²) in [6.07, 6.45) is 6.20. The molecule has 3 heterocycles. The second-order valence-electron chi connectivity index (χ2n) is 8.42. The lowest BCUT2D eigenvalue weighted by atomic mass is 10.2. The minimum absolute atomic E-state index is 0.131. The van der Waals surface area contributed by atoms with Gasteiger partial charge in [0.1, 0.15) is 5.76 Å². The quantitative estimate of drug-likeness (QED) is 0.217. The molecule has 37 heavy (non-hydrogen) atoms. The number of pyridine rings is 1. The molecule has 0 bridgehead atoms. The van der Waals surface area contributed by atoms with E-state index in [0.29, 0.717) is 54.3 Å². The lowest BCUT2D eigenvalue weighted by Gasteiger charge is -2.18. The van der Waals surface area contributed by atoms with Crippen molar-refractivity contribution in [2.45, 2.75) is 56.2 Å². The van der Waals surface area contributed by atoms with Gasteiger partial charge in [-0.2, -0.15) is 0 Å². The Morgan fingerprint density at radius 1 is 1.08 bits per heavy atom. The molecule has 0 radical (unpaired) electrons. The third kappa shape index (κ3) is 7.07. The first-order valence-corrected chi connectivity index (χ1v) is 13.0. The number of benzene rings is 1. The minimum atomic E-state index is -0.437. The van der Waals surface area contributed by atoms with E-state index in [9.17, 15) is 14.4 Å². The second kappa shape index (κ2) is 12.9. The third-order valence-electron chi connectivity index (χ3n) is 5.75. The van der Waals surface area contributed by atoms with E-state index >= 15 is 0 Å². The number of para-hydroxylation sites is 1. The molecule has 1 unspecified atom stereocenters. The van der Waals surface area contributed by atoms with Crippen LogP contribution in [0.2, 0.25) is 0 Å². The molecule has 0 aliphatic carbocycles. The predicted octanol–water partition coefficient (Wildman–Crippen LogP) is 3.67. The van der Waals surface area contributed by atoms with E-state index in [1.54, 1.807) is 53.6 Å². The van der Waals surface area contributed by atoms with Crippen LogP contribution in [0.25, 0.3) is 10.9 Å². The van der Waals surface area contributed by atoms with Crippen molar-refractivity contribution in [3.8, 4) is 0 Å². The van der Waals surface area contributed by atoms with Gasteiger partial charge in [0.2, 0.25) is 11.8 Å². The van der Waals surface area contributed by atoms with E-state index in [1.165, 1.54) is 11.8 Å². The molecule has 3 aromatic heterocycles. The number of hydrogen-bond acceptors (Lipinski definition) is 7. The van der Waals surface area contributed by atoms with Gasteiger partial charge in [-0.3, -0.25) is 23.9 Å². The number of carbonyl (C=O) groups excluding carboxylic acids is 2. The van der Waals surface area contributed by atoms with E-state index in [-0.39, 0.29) is 23.8 Å². The molecule has 10 heteroatoms. The Morgan fingerprint density at radius 3 is 2.70 bits per heavy atom. The molecule has 192 valence electrons. The van der Waals surface area contributed by atoms with E-state index in [0.717, 1.165) is 5.56 Å². The number of furan rings is 1. The zero-order valence-electron chi connectivity index (χ0n) is 20.6. The van der Waals surface area contributed by atoms with Crippen LogP contribution < -0.4 is 16.2 Å². The molecule has 0 spiro atoms. The predicted molar refractivity (Wildman–Crippen MR) is 142 cm³/mol. The molecule has 0 aliphatic rings. The maximum absolute atomic E-state index is 13.3. The minimum Gasteiger partial charge on any atom is -0.467 e. The number of thioether (sulfide) groups is 1. The lowest BCUT2D eigenvalue weighted by molar-refractivity contribution is -0.122. The van der Waals surface area contributed by atoms with Crippen LogP contribution in [0.5, 0.6) is 0 Å². The average Bonchev–Trinajstić information content (AvgIpc) is 3.45. The topological polar surface area (TPSA) is 119 Å². The molecule has 0 fully saturated rings. The maximum atomic E-state index is 13.3. The van der Waals surface area contributed by atoms with Crippen molar-refractivity contribution in [3.05, 3.63) is 88.9 Å². The average molecular weight is 520 g/mol. The first-order chi connectivity index (χ1) is 18.0. The monoisotopic (exact) mass is 519 g/mol. The van der Waals surface area contributed by atoms with Crippen LogP contribution in [-0.4, -0.2) is 31.6 Å². The van der Waals surface area contributed by atoms with E-state index in [1.807, 2.05) is 25.1 Å². The highest BCUT2D eigenvalue weighted by Gasteiger charge is 2.22. The smallest absolute Gasteiger partial charge is 0.262 e. The van der Waals surface area contributed by atoms with Crippen LogP contribution in [-0.2, 0) is 29.2 Å². The van der Waals surface area contributed by atoms with Crippen LogP contribution in [0.1, 0.15) is 37.5 Å². The Kier molecular flexibility index (Phi) is 9.09. The second-order valence-corrected chi connectivity index (χ2v) is 9.59. The first-order valence-electron chi connectivity index (χ1n) is 12.2. The summed E-state index contributed by atoms with van der Waals surface area (Å²) in [7, 11) is 0. The Balaban J connectivity index is 1.46. The van der Waals surface area contributed by atoms with Crippen molar-refractivity contribution >= 4 is 34.5 Å². The summed E-state index contributed by atoms with van der Waals surface area (Å²) >= 11 is 1.27. The molecule has 9 nitrogen and oxygen atoms in total. The highest BCUT2D eigenvalue weighted by molar-refractivity contribution is 8.00. The molecule has 2 N–H and O–H groups in total. The van der Waals surface area contributed by atoms with Crippen molar-refractivity contribution in [2.75, 3.05) is 0 Å². The van der Waals surface area contributed by atoms with Crippen LogP contribution in [0.3, 0.4) is 0 Å². The summed E-state index contributed by atoms with van der Waals surface area (Å²) < 4.78 is 6.81. The molecule has 1 aromatic carbocycles. The Morgan fingerprint density at radius 2 is 1.95 bits per heavy atom. The zero-order valence-corrected chi connectivity index (χ0v) is 21.4. The molecule has 0 saturated carbocycles. The highest BCUT2D eigenvalue weighted by Crippen LogP contribution is 2.25. The van der Waals surface area contributed by atoms with Gasteiger partial charge >= 0.3 is 0 Å². The normalized spacial score (nSPS) is 11.8. The van der Waals surface area contributed by atoms with Crippen molar-refractivity contribution in [3.63, 3.8) is 0 Å². The number of amides is 2. The van der Waals surface area contributed by atoms with Crippen LogP contribution in [0, 0.1) is 0 Å². The fourth-order valence-electron chi connectivity index (χ4n) is 3.77. The Hall–Kier alpha value is -3.92. The summed E-state index contributed by atoms with van der Waals surface area (Å²) in [4.78, 5) is 47.4. The Bertz CT molecular complexity index is 1390. The molecule has 2 amide bonds. The molecule has 0 aliphatic heterocycles. The van der Waals surface area contributed by atoms with E-state index in [4.69, 9.17) is 9.40 Å². The fraction of sp³-hybridized carbons (Fsp3) is 0.296. The number of rotatable bonds is 12. The molecule has 4 aromatic rings. The zero-order chi connectivity index (χ0) is 26.0. The van der Waals surface area contributed by atoms with Crippen LogP contribution in [0.15, 0.2) is 81.6 Å². The van der Waals surface area contributed by atoms with Gasteiger partial charge in [-0.15, -0.1) is 0 Å². The van der Waals surface area contributed by atoms with Gasteiger partial charge in [0, 0.05) is 31.9 Å². The van der Waals surface area contributed by atoms with Gasteiger partial charge in [0.25, 0.3) is 5.56 Å². The van der Waals surface area contributed by atoms with Crippen molar-refractivity contribution in [1.29, 1.82) is 0 Å².